The largest absolute Gasteiger partial charge is 0.377 e. The highest BCUT2D eigenvalue weighted by molar-refractivity contribution is 7.80. The number of benzene rings is 2. The van der Waals surface area contributed by atoms with E-state index in [4.69, 9.17) is 54.9 Å². The molecule has 2 rings (SSSR count). The van der Waals surface area contributed by atoms with Gasteiger partial charge in [-0.25, -0.2) is 0 Å². The zero-order valence-corrected chi connectivity index (χ0v) is 25.9. The summed E-state index contributed by atoms with van der Waals surface area (Å²) in [5.74, 6) is 0.622. The predicted molar refractivity (Wildman–Crippen MR) is 177 cm³/mol. The van der Waals surface area contributed by atoms with Gasteiger partial charge >= 0.3 is 0 Å². The van der Waals surface area contributed by atoms with E-state index in [1.54, 1.807) is 9.80 Å². The lowest BCUT2D eigenvalue weighted by molar-refractivity contribution is -0.00298. The van der Waals surface area contributed by atoms with Gasteiger partial charge in [0.25, 0.3) is 0 Å². The topological polar surface area (TPSA) is 144 Å². The number of nitrogens with one attached hydrogen (secondary N) is 2. The minimum absolute atomic E-state index is 0.297. The number of likely N-dealkylation sites (N-methyl/N-ethyl adjacent to an activating group) is 2. The summed E-state index contributed by atoms with van der Waals surface area (Å²) in [6.45, 7) is 4.92. The maximum absolute atomic E-state index is 6.01. The first-order chi connectivity index (χ1) is 20.3. The van der Waals surface area contributed by atoms with Gasteiger partial charge in [-0.3, -0.25) is 0 Å². The lowest BCUT2D eigenvalue weighted by atomic mass is 10.3. The first-order valence-electron chi connectivity index (χ1n) is 13.5. The Labute approximate surface area is 259 Å². The molecule has 14 heteroatoms. The molecule has 0 aliphatic carbocycles. The third-order valence-electron chi connectivity index (χ3n) is 5.52. The number of aliphatic imine (C=N–C) groups is 2. The van der Waals surface area contributed by atoms with Crippen LogP contribution in [0.3, 0.4) is 0 Å². The fourth-order valence-corrected chi connectivity index (χ4v) is 3.54. The van der Waals surface area contributed by atoms with Crippen molar-refractivity contribution in [3.63, 3.8) is 0 Å². The minimum atomic E-state index is 0.297. The summed E-state index contributed by atoms with van der Waals surface area (Å²) < 4.78 is 22.2. The lowest BCUT2D eigenvalue weighted by Crippen LogP contribution is -2.37. The van der Waals surface area contributed by atoms with Gasteiger partial charge in [0.2, 0.25) is 10.2 Å². The van der Waals surface area contributed by atoms with Crippen LogP contribution in [0.5, 0.6) is 0 Å². The van der Waals surface area contributed by atoms with Crippen LogP contribution in [0.4, 0.5) is 11.4 Å². The Balaban J connectivity index is 1.39. The third kappa shape index (κ3) is 16.1. The second-order valence-corrected chi connectivity index (χ2v) is 9.60. The van der Waals surface area contributed by atoms with Crippen LogP contribution in [0.1, 0.15) is 0 Å². The quantitative estimate of drug-likeness (QED) is 0.0894. The smallest absolute Gasteiger partial charge is 0.200 e. The molecule has 0 fully saturated rings. The van der Waals surface area contributed by atoms with E-state index in [2.05, 4.69) is 20.6 Å². The molecule has 6 N–H and O–H groups in total. The molecule has 0 spiro atoms. The number of thiocarbonyl (C=S) groups is 2. The highest BCUT2D eigenvalue weighted by Crippen LogP contribution is 2.06. The van der Waals surface area contributed by atoms with Gasteiger partial charge in [-0.15, -0.1) is 0 Å². The molecule has 0 unspecified atom stereocenters. The molecule has 0 atom stereocenters. The van der Waals surface area contributed by atoms with E-state index in [0.717, 1.165) is 11.4 Å². The molecule has 2 aromatic carbocycles. The van der Waals surface area contributed by atoms with Crippen molar-refractivity contribution >= 4 is 58.0 Å². The Morgan fingerprint density at radius 3 is 1.24 bits per heavy atom. The molecule has 0 aromatic heterocycles. The monoisotopic (exact) mass is 618 g/mol. The van der Waals surface area contributed by atoms with E-state index < -0.39 is 0 Å². The van der Waals surface area contributed by atoms with Crippen molar-refractivity contribution in [2.24, 2.45) is 21.5 Å². The summed E-state index contributed by atoms with van der Waals surface area (Å²) in [4.78, 5) is 12.0. The normalized spacial score (nSPS) is 11.7. The van der Waals surface area contributed by atoms with Gasteiger partial charge in [-0.1, -0.05) is 36.4 Å². The molecule has 0 aliphatic rings. The van der Waals surface area contributed by atoms with Gasteiger partial charge in [0.15, 0.2) is 11.9 Å². The average molecular weight is 619 g/mol. The van der Waals surface area contributed by atoms with Crippen molar-refractivity contribution < 1.29 is 18.9 Å². The van der Waals surface area contributed by atoms with E-state index in [1.807, 2.05) is 74.8 Å². The number of guanidine groups is 2. The van der Waals surface area contributed by atoms with Crippen LogP contribution < -0.4 is 22.1 Å². The molecule has 42 heavy (non-hydrogen) atoms. The van der Waals surface area contributed by atoms with Crippen molar-refractivity contribution in [1.29, 1.82) is 0 Å². The van der Waals surface area contributed by atoms with Crippen LogP contribution in [0, 0.1) is 0 Å². The number of hydrogen-bond donors (Lipinski definition) is 4. The van der Waals surface area contributed by atoms with Gasteiger partial charge in [0.1, 0.15) is 0 Å². The van der Waals surface area contributed by atoms with Crippen molar-refractivity contribution in [3.05, 3.63) is 60.7 Å². The zero-order chi connectivity index (χ0) is 30.4. The molecule has 0 aliphatic heterocycles. The van der Waals surface area contributed by atoms with Gasteiger partial charge in [0, 0.05) is 38.6 Å². The van der Waals surface area contributed by atoms with Crippen molar-refractivity contribution in [2.45, 2.75) is 0 Å². The molecule has 0 heterocycles. The fraction of sp³-hybridized carbons (Fsp3) is 0.429. The van der Waals surface area contributed by atoms with Crippen LogP contribution >= 0.6 is 24.4 Å². The fourth-order valence-electron chi connectivity index (χ4n) is 3.12. The van der Waals surface area contributed by atoms with Gasteiger partial charge in [0.05, 0.1) is 52.9 Å². The van der Waals surface area contributed by atoms with Crippen LogP contribution in [0.25, 0.3) is 0 Å². The van der Waals surface area contributed by atoms with Crippen LogP contribution in [-0.4, -0.2) is 112 Å². The number of rotatable bonds is 17. The summed E-state index contributed by atoms with van der Waals surface area (Å²) >= 11 is 10.5. The Morgan fingerprint density at radius 1 is 0.595 bits per heavy atom. The molecule has 0 bridgehead atoms. The number of ether oxygens (including phenoxy) is 4. The predicted octanol–water partition coefficient (Wildman–Crippen LogP) is 2.34. The summed E-state index contributed by atoms with van der Waals surface area (Å²) in [6.07, 6.45) is 0. The van der Waals surface area contributed by atoms with E-state index >= 15 is 0 Å². The Hall–Kier alpha value is -3.40. The third-order valence-corrected chi connectivity index (χ3v) is 5.91. The summed E-state index contributed by atoms with van der Waals surface area (Å²) in [5, 5.41) is 6.64. The van der Waals surface area contributed by atoms with Gasteiger partial charge in [-0.2, -0.15) is 9.98 Å². The number of nitrogens with zero attached hydrogens (tertiary/aromatic N) is 4. The number of hydrogen-bond acceptors (Lipinski definition) is 6. The first kappa shape index (κ1) is 34.8. The second-order valence-electron chi connectivity index (χ2n) is 8.82. The number of anilines is 2. The summed E-state index contributed by atoms with van der Waals surface area (Å²) in [6, 6.07) is 19.1. The lowest BCUT2D eigenvalue weighted by Gasteiger charge is -2.18. The van der Waals surface area contributed by atoms with Crippen molar-refractivity contribution in [3.8, 4) is 0 Å². The molecule has 12 nitrogen and oxygen atoms in total. The highest BCUT2D eigenvalue weighted by atomic mass is 32.1. The molecule has 2 aromatic rings. The first-order valence-corrected chi connectivity index (χ1v) is 14.3. The van der Waals surface area contributed by atoms with E-state index in [-0.39, 0.29) is 0 Å². The zero-order valence-electron chi connectivity index (χ0n) is 24.2. The number of para-hydroxylation sites is 2. The molecular weight excluding hydrogens is 576 g/mol. The van der Waals surface area contributed by atoms with Crippen LogP contribution in [0.2, 0.25) is 0 Å². The summed E-state index contributed by atoms with van der Waals surface area (Å²) in [7, 11) is 3.66. The maximum atomic E-state index is 6.01. The Bertz CT molecular complexity index is 1020. The van der Waals surface area contributed by atoms with Crippen molar-refractivity contribution in [2.75, 3.05) is 90.7 Å². The van der Waals surface area contributed by atoms with E-state index in [0.29, 0.717) is 88.1 Å². The minimum Gasteiger partial charge on any atom is -0.377 e. The number of nitrogens with two attached hydrogens (primary N) is 2. The van der Waals surface area contributed by atoms with E-state index in [9.17, 15) is 0 Å². The molecule has 0 saturated carbocycles. The molecule has 230 valence electrons. The second kappa shape index (κ2) is 21.3. The van der Waals surface area contributed by atoms with Crippen LogP contribution in [0.15, 0.2) is 70.6 Å². The van der Waals surface area contributed by atoms with Gasteiger partial charge in [-0.05, 0) is 48.7 Å². The molecule has 0 amide bonds. The maximum Gasteiger partial charge on any atom is 0.200 e. The standard InChI is InChI=1S/C28H42N8O4S2/c1-35(25(29)33-27(41)31-23-9-5-3-6-10-23)13-15-37-17-19-39-21-22-40-20-18-38-16-14-36(2)26(30)34-28(42)32-24-11-7-4-8-12-24/h3-12H,13-22H2,1-2H3,(H3,29,31,33,41)(H3,30,32,34,42). The SMILES string of the molecule is CN(CCOCCOCCOCCOCCN(C)/C(N)=N/C(=S)Nc1ccccc1)/C(N)=N/C(=S)Nc1ccccc1. The summed E-state index contributed by atoms with van der Waals surface area (Å²) in [5.41, 5.74) is 13.7. The average Bonchev–Trinajstić information content (AvgIpc) is 2.97. The van der Waals surface area contributed by atoms with Crippen molar-refractivity contribution in [1.82, 2.24) is 9.80 Å². The Kier molecular flexibility index (Phi) is 17.7. The molecule has 0 saturated heterocycles. The molecule has 0 radical (unpaired) electrons. The Morgan fingerprint density at radius 2 is 0.905 bits per heavy atom. The highest BCUT2D eigenvalue weighted by Gasteiger charge is 2.05. The van der Waals surface area contributed by atoms with Crippen LogP contribution in [-0.2, 0) is 18.9 Å². The molecular formula is C28H42N8O4S2. The van der Waals surface area contributed by atoms with E-state index in [1.165, 1.54) is 0 Å². The van der Waals surface area contributed by atoms with Gasteiger partial charge < -0.3 is 50.8 Å².